The molecule has 0 aliphatic rings. The fraction of sp³-hybridized carbons (Fsp3) is 0.182. The third-order valence-electron chi connectivity index (χ3n) is 1.97. The minimum atomic E-state index is 0. The minimum absolute atomic E-state index is 0. The van der Waals surface area contributed by atoms with E-state index >= 15 is 0 Å². The van der Waals surface area contributed by atoms with Crippen molar-refractivity contribution in [1.29, 1.82) is 0 Å². The molecule has 2 rings (SSSR count). The summed E-state index contributed by atoms with van der Waals surface area (Å²) in [6.45, 7) is 2.12. The van der Waals surface area contributed by atoms with E-state index < -0.39 is 0 Å². The van der Waals surface area contributed by atoms with E-state index in [-0.39, 0.29) is 20.1 Å². The number of aromatic nitrogens is 2. The second-order valence-electron chi connectivity index (χ2n) is 2.87. The molecule has 0 fully saturated rings. The van der Waals surface area contributed by atoms with Crippen molar-refractivity contribution in [2.24, 2.45) is 0 Å². The van der Waals surface area contributed by atoms with Crippen molar-refractivity contribution in [2.45, 2.75) is 13.3 Å². The van der Waals surface area contributed by atoms with E-state index in [0.29, 0.717) is 0 Å². The predicted octanol–water partition coefficient (Wildman–Crippen LogP) is 2.23. The molecule has 0 saturated heterocycles. The maximum absolute atomic E-state index is 4.15. The van der Waals surface area contributed by atoms with Crippen LogP contribution in [0.25, 0.3) is 5.69 Å². The summed E-state index contributed by atoms with van der Waals surface area (Å²) in [5, 5.41) is 4.15. The molecule has 0 aliphatic carbocycles. The average molecular weight is 363 g/mol. The summed E-state index contributed by atoms with van der Waals surface area (Å²) in [4.78, 5) is 0. The molecule has 2 nitrogen and oxygen atoms in total. The van der Waals surface area contributed by atoms with Gasteiger partial charge in [0.1, 0.15) is 0 Å². The van der Waals surface area contributed by atoms with Gasteiger partial charge in [-0.15, -0.1) is 6.07 Å². The Balaban J connectivity index is 0.000000980. The molecule has 0 unspecified atom stereocenters. The molecule has 2 aromatic rings. The number of benzene rings is 1. The molecular formula is C11H11IrN2-. The van der Waals surface area contributed by atoms with E-state index in [0.717, 1.165) is 12.1 Å². The number of hydrogen-bond acceptors (Lipinski definition) is 1. The van der Waals surface area contributed by atoms with Gasteiger partial charge in [-0.05, 0) is 11.8 Å². The van der Waals surface area contributed by atoms with Crippen LogP contribution in [-0.4, -0.2) is 9.78 Å². The molecule has 1 radical (unpaired) electrons. The maximum atomic E-state index is 4.15. The zero-order valence-electron chi connectivity index (χ0n) is 7.90. The summed E-state index contributed by atoms with van der Waals surface area (Å²) in [6.07, 6.45) is 4.70. The largest absolute Gasteiger partial charge is 0.266 e. The van der Waals surface area contributed by atoms with Crippen LogP contribution in [-0.2, 0) is 26.5 Å². The second kappa shape index (κ2) is 5.08. The van der Waals surface area contributed by atoms with Crippen LogP contribution in [0.3, 0.4) is 0 Å². The van der Waals surface area contributed by atoms with Gasteiger partial charge in [0, 0.05) is 32.5 Å². The number of hydrogen-bond donors (Lipinski definition) is 0. The molecule has 75 valence electrons. The minimum Gasteiger partial charge on any atom is -0.266 e. The van der Waals surface area contributed by atoms with Crippen molar-refractivity contribution in [2.75, 3.05) is 0 Å². The average Bonchev–Trinajstić information content (AvgIpc) is 2.71. The van der Waals surface area contributed by atoms with E-state index in [2.05, 4.69) is 24.2 Å². The van der Waals surface area contributed by atoms with Crippen LogP contribution in [0.5, 0.6) is 0 Å². The molecule has 0 spiro atoms. The Hall–Kier alpha value is -0.921. The van der Waals surface area contributed by atoms with Crippen LogP contribution >= 0.6 is 0 Å². The molecule has 0 saturated carbocycles. The zero-order valence-corrected chi connectivity index (χ0v) is 10.3. The van der Waals surface area contributed by atoms with Crippen molar-refractivity contribution >= 4 is 0 Å². The van der Waals surface area contributed by atoms with Crippen LogP contribution in [0.4, 0.5) is 0 Å². The molecule has 0 bridgehead atoms. The van der Waals surface area contributed by atoms with Gasteiger partial charge in [-0.25, -0.2) is 0 Å². The van der Waals surface area contributed by atoms with Gasteiger partial charge in [-0.3, -0.25) is 4.68 Å². The van der Waals surface area contributed by atoms with Gasteiger partial charge in [-0.1, -0.05) is 13.3 Å². The Morgan fingerprint density at radius 2 is 2.21 bits per heavy atom. The van der Waals surface area contributed by atoms with Crippen LogP contribution in [0, 0.1) is 6.07 Å². The smallest absolute Gasteiger partial charge is 0.0493 e. The Bertz CT molecular complexity index is 382. The normalized spacial score (nSPS) is 9.50. The first-order valence-corrected chi connectivity index (χ1v) is 4.41. The Morgan fingerprint density at radius 3 is 2.86 bits per heavy atom. The fourth-order valence-electron chi connectivity index (χ4n) is 1.25. The van der Waals surface area contributed by atoms with Crippen LogP contribution < -0.4 is 0 Å². The zero-order chi connectivity index (χ0) is 9.10. The van der Waals surface area contributed by atoms with E-state index in [1.165, 1.54) is 5.56 Å². The molecule has 0 N–H and O–H groups in total. The molecule has 14 heavy (non-hydrogen) atoms. The molecule has 0 atom stereocenters. The molecule has 1 aromatic carbocycles. The maximum Gasteiger partial charge on any atom is 0.0493 e. The van der Waals surface area contributed by atoms with Gasteiger partial charge in [0.25, 0.3) is 0 Å². The van der Waals surface area contributed by atoms with Gasteiger partial charge in [-0.2, -0.15) is 28.9 Å². The standard InChI is InChI=1S/C11H11N2.Ir/c1-2-10-5-3-6-11(9-10)13-8-4-7-12-13;/h3-8H,2H2,1H3;/q-1;. The summed E-state index contributed by atoms with van der Waals surface area (Å²) in [6, 6.07) is 11.3. The molecule has 0 aliphatic heterocycles. The van der Waals surface area contributed by atoms with Gasteiger partial charge in [0.2, 0.25) is 0 Å². The molecule has 3 heteroatoms. The van der Waals surface area contributed by atoms with Crippen molar-refractivity contribution in [1.82, 2.24) is 9.78 Å². The van der Waals surface area contributed by atoms with E-state index in [1.54, 1.807) is 6.20 Å². The third-order valence-corrected chi connectivity index (χ3v) is 1.97. The number of rotatable bonds is 2. The van der Waals surface area contributed by atoms with E-state index in [9.17, 15) is 0 Å². The topological polar surface area (TPSA) is 17.8 Å². The van der Waals surface area contributed by atoms with Crippen LogP contribution in [0.2, 0.25) is 0 Å². The van der Waals surface area contributed by atoms with Crippen molar-refractivity contribution in [3.63, 3.8) is 0 Å². The first-order chi connectivity index (χ1) is 6.40. The Morgan fingerprint density at radius 1 is 1.36 bits per heavy atom. The van der Waals surface area contributed by atoms with Crippen molar-refractivity contribution in [3.8, 4) is 5.69 Å². The fourth-order valence-corrected chi connectivity index (χ4v) is 1.25. The SMILES string of the molecule is CCc1[c-]c(-n2cccn2)ccc1.[Ir]. The summed E-state index contributed by atoms with van der Waals surface area (Å²) in [5.41, 5.74) is 2.22. The summed E-state index contributed by atoms with van der Waals surface area (Å²) in [7, 11) is 0. The first kappa shape index (κ1) is 11.2. The molecule has 0 amide bonds. The Kier molecular flexibility index (Phi) is 4.05. The molecule has 1 aromatic heterocycles. The van der Waals surface area contributed by atoms with E-state index in [4.69, 9.17) is 0 Å². The quantitative estimate of drug-likeness (QED) is 0.749. The third kappa shape index (κ3) is 2.31. The number of aryl methyl sites for hydroxylation is 1. The first-order valence-electron chi connectivity index (χ1n) is 4.41. The van der Waals surface area contributed by atoms with Crippen molar-refractivity contribution < 1.29 is 20.1 Å². The number of nitrogens with zero attached hydrogens (tertiary/aromatic N) is 2. The molecule has 1 heterocycles. The van der Waals surface area contributed by atoms with Crippen LogP contribution in [0.1, 0.15) is 12.5 Å². The summed E-state index contributed by atoms with van der Waals surface area (Å²) >= 11 is 0. The Labute approximate surface area is 97.3 Å². The predicted molar refractivity (Wildman–Crippen MR) is 51.8 cm³/mol. The van der Waals surface area contributed by atoms with Gasteiger partial charge in [0.05, 0.1) is 0 Å². The monoisotopic (exact) mass is 364 g/mol. The van der Waals surface area contributed by atoms with Gasteiger partial charge >= 0.3 is 0 Å². The van der Waals surface area contributed by atoms with E-state index in [1.807, 2.05) is 29.1 Å². The van der Waals surface area contributed by atoms with Crippen LogP contribution in [0.15, 0.2) is 36.7 Å². The second-order valence-corrected chi connectivity index (χ2v) is 2.87. The summed E-state index contributed by atoms with van der Waals surface area (Å²) in [5.74, 6) is 0. The molecular weight excluding hydrogens is 352 g/mol. The van der Waals surface area contributed by atoms with Crippen molar-refractivity contribution in [3.05, 3.63) is 48.3 Å². The summed E-state index contributed by atoms with van der Waals surface area (Å²) < 4.78 is 1.82. The van der Waals surface area contributed by atoms with Gasteiger partial charge < -0.3 is 0 Å². The van der Waals surface area contributed by atoms with Gasteiger partial charge in [0.15, 0.2) is 0 Å².